The molecule has 0 aliphatic heterocycles. The molecule has 0 fully saturated rings. The number of carbonyl (C=O) groups excluding carboxylic acids is 1. The number of carbonyl (C=O) groups is 1. The topological polar surface area (TPSA) is 20.3 Å². The Morgan fingerprint density at radius 2 is 2.10 bits per heavy atom. The van der Waals surface area contributed by atoms with Gasteiger partial charge in [-0.2, -0.15) is 0 Å². The van der Waals surface area contributed by atoms with Crippen molar-refractivity contribution < 1.29 is 4.79 Å². The van der Waals surface area contributed by atoms with Crippen molar-refractivity contribution in [2.75, 3.05) is 13.6 Å². The second-order valence-electron chi connectivity index (χ2n) is 4.68. The molecule has 0 spiro atoms. The number of Topliss-reactive ketones (excluding diaryl/α,β-unsaturated/α-hetero) is 1. The van der Waals surface area contributed by atoms with E-state index in [1.165, 1.54) is 5.56 Å². The van der Waals surface area contributed by atoms with E-state index in [0.717, 1.165) is 26.9 Å². The number of hydrogen-bond donors (Lipinski definition) is 0. The minimum absolute atomic E-state index is 0.185. The van der Waals surface area contributed by atoms with E-state index in [-0.39, 0.29) is 5.78 Å². The predicted molar refractivity (Wildman–Crippen MR) is 91.4 cm³/mol. The Hall–Kier alpha value is -0.490. The maximum atomic E-state index is 12.1. The summed E-state index contributed by atoms with van der Waals surface area (Å²) in [6.45, 7) is 1.63. The summed E-state index contributed by atoms with van der Waals surface area (Å²) in [5.74, 6) is 0.185. The van der Waals surface area contributed by atoms with Crippen molar-refractivity contribution in [3.63, 3.8) is 0 Å². The SMILES string of the molecule is CN(CCC(=O)c1cccc(Br)c1)Cc1csc(Br)c1. The second-order valence-corrected chi connectivity index (χ2v) is 7.89. The molecule has 0 unspecified atom stereocenters. The summed E-state index contributed by atoms with van der Waals surface area (Å²) >= 11 is 8.54. The highest BCUT2D eigenvalue weighted by molar-refractivity contribution is 9.11. The second kappa shape index (κ2) is 7.50. The molecular weight excluding hydrogens is 402 g/mol. The number of ketones is 1. The number of hydrogen-bond acceptors (Lipinski definition) is 3. The van der Waals surface area contributed by atoms with Crippen molar-refractivity contribution in [3.05, 3.63) is 55.1 Å². The fourth-order valence-electron chi connectivity index (χ4n) is 1.92. The van der Waals surface area contributed by atoms with Crippen LogP contribution in [0.15, 0.2) is 44.0 Å². The van der Waals surface area contributed by atoms with Gasteiger partial charge in [-0.3, -0.25) is 4.79 Å². The summed E-state index contributed by atoms with van der Waals surface area (Å²) in [7, 11) is 2.04. The normalized spacial score (nSPS) is 11.0. The Morgan fingerprint density at radius 3 is 2.75 bits per heavy atom. The van der Waals surface area contributed by atoms with E-state index >= 15 is 0 Å². The van der Waals surface area contributed by atoms with Crippen LogP contribution >= 0.6 is 43.2 Å². The van der Waals surface area contributed by atoms with Crippen LogP contribution in [0.25, 0.3) is 0 Å². The first-order valence-electron chi connectivity index (χ1n) is 6.25. The molecule has 0 radical (unpaired) electrons. The van der Waals surface area contributed by atoms with Gasteiger partial charge in [-0.1, -0.05) is 28.1 Å². The molecule has 1 heterocycles. The molecule has 0 N–H and O–H groups in total. The van der Waals surface area contributed by atoms with Crippen LogP contribution in [0.5, 0.6) is 0 Å². The minimum atomic E-state index is 0.185. The summed E-state index contributed by atoms with van der Waals surface area (Å²) in [5.41, 5.74) is 2.05. The maximum Gasteiger partial charge on any atom is 0.164 e. The third-order valence-corrected chi connectivity index (χ3v) is 4.99. The first-order chi connectivity index (χ1) is 9.54. The van der Waals surface area contributed by atoms with E-state index in [2.05, 4.69) is 48.2 Å². The van der Waals surface area contributed by atoms with Gasteiger partial charge in [0.2, 0.25) is 0 Å². The van der Waals surface area contributed by atoms with Crippen LogP contribution in [-0.2, 0) is 6.54 Å². The zero-order valence-corrected chi connectivity index (χ0v) is 15.1. The molecule has 0 bridgehead atoms. The third kappa shape index (κ3) is 4.81. The maximum absolute atomic E-state index is 12.1. The summed E-state index contributed by atoms with van der Waals surface area (Å²) in [6.07, 6.45) is 0.540. The van der Waals surface area contributed by atoms with Crippen molar-refractivity contribution in [1.29, 1.82) is 0 Å². The van der Waals surface area contributed by atoms with Crippen molar-refractivity contribution >= 4 is 49.0 Å². The predicted octanol–water partition coefficient (Wildman–Crippen LogP) is 4.98. The molecule has 0 saturated carbocycles. The van der Waals surface area contributed by atoms with Crippen LogP contribution in [0.4, 0.5) is 0 Å². The van der Waals surface area contributed by atoms with E-state index in [1.54, 1.807) is 11.3 Å². The summed E-state index contributed by atoms with van der Waals surface area (Å²) in [5, 5.41) is 2.14. The first-order valence-corrected chi connectivity index (χ1v) is 8.71. The summed E-state index contributed by atoms with van der Waals surface area (Å²) in [4.78, 5) is 14.3. The molecule has 2 rings (SSSR count). The van der Waals surface area contributed by atoms with Gasteiger partial charge in [0.15, 0.2) is 5.78 Å². The number of halogens is 2. The molecule has 0 amide bonds. The lowest BCUT2D eigenvalue weighted by Gasteiger charge is -2.15. The molecule has 2 aromatic rings. The zero-order valence-electron chi connectivity index (χ0n) is 11.1. The number of benzene rings is 1. The van der Waals surface area contributed by atoms with Gasteiger partial charge in [0.25, 0.3) is 0 Å². The van der Waals surface area contributed by atoms with E-state index in [4.69, 9.17) is 0 Å². The van der Waals surface area contributed by atoms with Gasteiger partial charge in [-0.25, -0.2) is 0 Å². The van der Waals surface area contributed by atoms with Gasteiger partial charge < -0.3 is 4.90 Å². The van der Waals surface area contributed by atoms with E-state index in [0.29, 0.717) is 6.42 Å². The molecule has 1 aromatic heterocycles. The standard InChI is InChI=1S/C15H15Br2NOS/c1-18(9-11-7-15(17)20-10-11)6-5-14(19)12-3-2-4-13(16)8-12/h2-4,7-8,10H,5-6,9H2,1H3. The summed E-state index contributed by atoms with van der Waals surface area (Å²) in [6, 6.07) is 9.68. The molecule has 5 heteroatoms. The van der Waals surface area contributed by atoms with Crippen LogP contribution < -0.4 is 0 Å². The average Bonchev–Trinajstić information content (AvgIpc) is 2.81. The van der Waals surface area contributed by atoms with E-state index < -0.39 is 0 Å². The van der Waals surface area contributed by atoms with Crippen molar-refractivity contribution in [2.45, 2.75) is 13.0 Å². The Bertz CT molecular complexity index is 597. The minimum Gasteiger partial charge on any atom is -0.302 e. The lowest BCUT2D eigenvalue weighted by Crippen LogP contribution is -2.21. The number of thiophene rings is 1. The molecule has 0 saturated heterocycles. The van der Waals surface area contributed by atoms with Crippen molar-refractivity contribution in [1.82, 2.24) is 4.90 Å². The van der Waals surface area contributed by atoms with Gasteiger partial charge in [-0.15, -0.1) is 11.3 Å². The average molecular weight is 417 g/mol. The molecule has 1 aromatic carbocycles. The smallest absolute Gasteiger partial charge is 0.164 e. The van der Waals surface area contributed by atoms with Gasteiger partial charge >= 0.3 is 0 Å². The van der Waals surface area contributed by atoms with Gasteiger partial charge in [0.05, 0.1) is 3.79 Å². The Balaban J connectivity index is 1.84. The lowest BCUT2D eigenvalue weighted by atomic mass is 10.1. The van der Waals surface area contributed by atoms with Crippen LogP contribution in [0.2, 0.25) is 0 Å². The highest BCUT2D eigenvalue weighted by Crippen LogP contribution is 2.21. The zero-order chi connectivity index (χ0) is 14.5. The quantitative estimate of drug-likeness (QED) is 0.619. The van der Waals surface area contributed by atoms with Crippen LogP contribution in [0.3, 0.4) is 0 Å². The van der Waals surface area contributed by atoms with Gasteiger partial charge in [-0.05, 0) is 52.1 Å². The first kappa shape index (κ1) is 15.9. The fourth-order valence-corrected chi connectivity index (χ4v) is 3.52. The molecule has 106 valence electrons. The Kier molecular flexibility index (Phi) is 5.96. The van der Waals surface area contributed by atoms with Crippen LogP contribution in [0.1, 0.15) is 22.3 Å². The molecule has 20 heavy (non-hydrogen) atoms. The molecule has 0 atom stereocenters. The highest BCUT2D eigenvalue weighted by Gasteiger charge is 2.09. The Labute approximate surface area is 140 Å². The molecule has 2 nitrogen and oxygen atoms in total. The summed E-state index contributed by atoms with van der Waals surface area (Å²) < 4.78 is 2.09. The Morgan fingerprint density at radius 1 is 1.30 bits per heavy atom. The fraction of sp³-hybridized carbons (Fsp3) is 0.267. The van der Waals surface area contributed by atoms with E-state index in [1.807, 2.05) is 31.3 Å². The van der Waals surface area contributed by atoms with Crippen LogP contribution in [0, 0.1) is 0 Å². The lowest BCUT2D eigenvalue weighted by molar-refractivity contribution is 0.0968. The largest absolute Gasteiger partial charge is 0.302 e. The van der Waals surface area contributed by atoms with Crippen LogP contribution in [-0.4, -0.2) is 24.3 Å². The van der Waals surface area contributed by atoms with E-state index in [9.17, 15) is 4.79 Å². The number of nitrogens with zero attached hydrogens (tertiary/aromatic N) is 1. The van der Waals surface area contributed by atoms with Crippen molar-refractivity contribution in [3.8, 4) is 0 Å². The molecule has 0 aliphatic rings. The van der Waals surface area contributed by atoms with Gasteiger partial charge in [0.1, 0.15) is 0 Å². The highest BCUT2D eigenvalue weighted by atomic mass is 79.9. The van der Waals surface area contributed by atoms with Crippen molar-refractivity contribution in [2.24, 2.45) is 0 Å². The third-order valence-electron chi connectivity index (χ3n) is 2.94. The monoisotopic (exact) mass is 415 g/mol. The van der Waals surface area contributed by atoms with Gasteiger partial charge in [0, 0.05) is 29.5 Å². The number of rotatable bonds is 6. The molecule has 0 aliphatic carbocycles. The molecular formula is C15H15Br2NOS.